The largest absolute Gasteiger partial charge is 0.481 e. The van der Waals surface area contributed by atoms with Crippen LogP contribution >= 0.6 is 0 Å². The van der Waals surface area contributed by atoms with Gasteiger partial charge < -0.3 is 19.3 Å². The molecule has 4 rings (SSSR count). The summed E-state index contributed by atoms with van der Waals surface area (Å²) in [5.41, 5.74) is 0.160. The van der Waals surface area contributed by atoms with Crippen LogP contribution in [0.25, 0.3) is 11.5 Å². The SMILES string of the molecule is O=C(O)C1(C[C@H]2CCCCO2)CCN(c2noc(-c3ccccc3)n2)CC1. The van der Waals surface area contributed by atoms with Gasteiger partial charge >= 0.3 is 5.97 Å². The molecule has 0 radical (unpaired) electrons. The predicted octanol–water partition coefficient (Wildman–Crippen LogP) is 3.37. The molecule has 7 nitrogen and oxygen atoms in total. The third kappa shape index (κ3) is 3.83. The van der Waals surface area contributed by atoms with Gasteiger partial charge in [-0.3, -0.25) is 4.79 Å². The van der Waals surface area contributed by atoms with Crippen molar-refractivity contribution >= 4 is 11.9 Å². The molecule has 0 bridgehead atoms. The van der Waals surface area contributed by atoms with E-state index in [9.17, 15) is 9.90 Å². The molecule has 1 N–H and O–H groups in total. The molecule has 1 atom stereocenters. The Kier molecular flexibility index (Phi) is 5.11. The van der Waals surface area contributed by atoms with Crippen molar-refractivity contribution in [3.8, 4) is 11.5 Å². The Morgan fingerprint density at radius 2 is 2.00 bits per heavy atom. The first-order valence-electron chi connectivity index (χ1n) is 9.65. The van der Waals surface area contributed by atoms with Crippen LogP contribution in [0.3, 0.4) is 0 Å². The van der Waals surface area contributed by atoms with E-state index in [1.165, 1.54) is 0 Å². The lowest BCUT2D eigenvalue weighted by Crippen LogP contribution is -2.47. The highest BCUT2D eigenvalue weighted by Gasteiger charge is 2.44. The molecule has 2 aliphatic heterocycles. The Balaban J connectivity index is 1.42. The number of benzene rings is 1. The van der Waals surface area contributed by atoms with Crippen LogP contribution in [0, 0.1) is 5.41 Å². The van der Waals surface area contributed by atoms with E-state index in [1.807, 2.05) is 35.2 Å². The molecule has 27 heavy (non-hydrogen) atoms. The topological polar surface area (TPSA) is 88.7 Å². The maximum absolute atomic E-state index is 12.1. The first-order valence-corrected chi connectivity index (χ1v) is 9.65. The minimum Gasteiger partial charge on any atom is -0.481 e. The van der Waals surface area contributed by atoms with Crippen LogP contribution in [0.1, 0.15) is 38.5 Å². The van der Waals surface area contributed by atoms with Crippen molar-refractivity contribution in [2.24, 2.45) is 5.41 Å². The highest BCUT2D eigenvalue weighted by molar-refractivity contribution is 5.75. The van der Waals surface area contributed by atoms with Gasteiger partial charge in [-0.05, 0) is 55.8 Å². The van der Waals surface area contributed by atoms with Gasteiger partial charge in [-0.1, -0.05) is 18.2 Å². The number of piperidine rings is 1. The molecular formula is C20H25N3O4. The Labute approximate surface area is 158 Å². The van der Waals surface area contributed by atoms with E-state index in [1.54, 1.807) is 0 Å². The van der Waals surface area contributed by atoms with Gasteiger partial charge in [0.1, 0.15) is 0 Å². The molecule has 7 heteroatoms. The highest BCUT2D eigenvalue weighted by atomic mass is 16.5. The lowest BCUT2D eigenvalue weighted by molar-refractivity contribution is -0.154. The first kappa shape index (κ1) is 18.0. The Morgan fingerprint density at radius 3 is 2.67 bits per heavy atom. The van der Waals surface area contributed by atoms with Crippen LogP contribution < -0.4 is 4.90 Å². The summed E-state index contributed by atoms with van der Waals surface area (Å²) in [7, 11) is 0. The third-order valence-corrected chi connectivity index (χ3v) is 5.79. The number of hydrogen-bond acceptors (Lipinski definition) is 6. The molecule has 0 spiro atoms. The van der Waals surface area contributed by atoms with E-state index < -0.39 is 11.4 Å². The lowest BCUT2D eigenvalue weighted by Gasteiger charge is -2.40. The van der Waals surface area contributed by atoms with Gasteiger partial charge in [-0.15, -0.1) is 0 Å². The number of aromatic nitrogens is 2. The van der Waals surface area contributed by atoms with Gasteiger partial charge in [0, 0.05) is 25.3 Å². The number of hydrogen-bond donors (Lipinski definition) is 1. The molecule has 2 saturated heterocycles. The van der Waals surface area contributed by atoms with Crippen molar-refractivity contribution < 1.29 is 19.2 Å². The number of ether oxygens (including phenoxy) is 1. The zero-order valence-corrected chi connectivity index (χ0v) is 15.3. The van der Waals surface area contributed by atoms with Gasteiger partial charge in [0.2, 0.25) is 0 Å². The fraction of sp³-hybridized carbons (Fsp3) is 0.550. The fourth-order valence-electron chi connectivity index (χ4n) is 4.09. The van der Waals surface area contributed by atoms with Crippen LogP contribution in [-0.2, 0) is 9.53 Å². The summed E-state index contributed by atoms with van der Waals surface area (Å²) in [4.78, 5) is 18.6. The Morgan fingerprint density at radius 1 is 1.22 bits per heavy atom. The zero-order chi connectivity index (χ0) is 18.7. The standard InChI is InChI=1S/C20H25N3O4/c24-18(25)20(14-16-8-4-5-13-26-16)9-11-23(12-10-20)19-21-17(27-22-19)15-6-2-1-3-7-15/h1-3,6-7,16H,4-5,8-14H2,(H,24,25)/t16-/m1/s1. The van der Waals surface area contributed by atoms with E-state index in [0.29, 0.717) is 44.2 Å². The van der Waals surface area contributed by atoms with Crippen molar-refractivity contribution in [1.82, 2.24) is 10.1 Å². The number of carboxylic acids is 1. The van der Waals surface area contributed by atoms with E-state index in [0.717, 1.165) is 31.4 Å². The summed E-state index contributed by atoms with van der Waals surface area (Å²) in [5.74, 6) is 0.299. The van der Waals surface area contributed by atoms with Crippen molar-refractivity contribution in [2.45, 2.75) is 44.6 Å². The Hall–Kier alpha value is -2.41. The molecule has 2 aromatic rings. The minimum atomic E-state index is -0.718. The normalized spacial score (nSPS) is 22.5. The monoisotopic (exact) mass is 371 g/mol. The summed E-state index contributed by atoms with van der Waals surface area (Å²) < 4.78 is 11.2. The molecule has 3 heterocycles. The summed E-state index contributed by atoms with van der Waals surface area (Å²) in [6.45, 7) is 1.96. The second kappa shape index (κ2) is 7.68. The van der Waals surface area contributed by atoms with E-state index in [2.05, 4.69) is 10.1 Å². The molecule has 0 aliphatic carbocycles. The van der Waals surface area contributed by atoms with E-state index in [-0.39, 0.29) is 6.10 Å². The number of carbonyl (C=O) groups is 1. The number of aliphatic carboxylic acids is 1. The highest BCUT2D eigenvalue weighted by Crippen LogP contribution is 2.39. The number of anilines is 1. The number of rotatable bonds is 5. The van der Waals surface area contributed by atoms with E-state index in [4.69, 9.17) is 9.26 Å². The maximum Gasteiger partial charge on any atom is 0.309 e. The molecule has 144 valence electrons. The second-order valence-corrected chi connectivity index (χ2v) is 7.53. The smallest absolute Gasteiger partial charge is 0.309 e. The second-order valence-electron chi connectivity index (χ2n) is 7.53. The van der Waals surface area contributed by atoms with E-state index >= 15 is 0 Å². The average molecular weight is 371 g/mol. The number of carboxylic acid groups (broad SMARTS) is 1. The molecule has 0 amide bonds. The zero-order valence-electron chi connectivity index (χ0n) is 15.3. The molecule has 2 aliphatic rings. The minimum absolute atomic E-state index is 0.0660. The van der Waals surface area contributed by atoms with Crippen molar-refractivity contribution in [3.05, 3.63) is 30.3 Å². The maximum atomic E-state index is 12.1. The number of nitrogens with zero attached hydrogens (tertiary/aromatic N) is 3. The van der Waals surface area contributed by atoms with Crippen molar-refractivity contribution in [2.75, 3.05) is 24.6 Å². The van der Waals surface area contributed by atoms with Gasteiger partial charge in [0.05, 0.1) is 11.5 Å². The molecule has 1 aromatic heterocycles. The molecule has 2 fully saturated rings. The van der Waals surface area contributed by atoms with Crippen LogP contribution in [0.15, 0.2) is 34.9 Å². The molecule has 1 aromatic carbocycles. The molecule has 0 unspecified atom stereocenters. The average Bonchev–Trinajstić information content (AvgIpc) is 3.20. The van der Waals surface area contributed by atoms with Crippen LogP contribution in [0.4, 0.5) is 5.95 Å². The lowest BCUT2D eigenvalue weighted by atomic mass is 9.73. The summed E-state index contributed by atoms with van der Waals surface area (Å²) in [5, 5.41) is 14.0. The Bertz CT molecular complexity index is 763. The fourth-order valence-corrected chi connectivity index (χ4v) is 4.09. The predicted molar refractivity (Wildman–Crippen MR) is 99.5 cm³/mol. The van der Waals surface area contributed by atoms with Crippen LogP contribution in [-0.4, -0.2) is 47.0 Å². The van der Waals surface area contributed by atoms with Crippen LogP contribution in [0.2, 0.25) is 0 Å². The molecular weight excluding hydrogens is 346 g/mol. The first-order chi connectivity index (χ1) is 13.2. The summed E-state index contributed by atoms with van der Waals surface area (Å²) >= 11 is 0. The van der Waals surface area contributed by atoms with Gasteiger partial charge in [0.15, 0.2) is 0 Å². The van der Waals surface area contributed by atoms with Gasteiger partial charge in [0.25, 0.3) is 11.8 Å². The third-order valence-electron chi connectivity index (χ3n) is 5.79. The van der Waals surface area contributed by atoms with Crippen molar-refractivity contribution in [3.63, 3.8) is 0 Å². The summed E-state index contributed by atoms with van der Waals surface area (Å²) in [6, 6.07) is 9.64. The molecule has 0 saturated carbocycles. The quantitative estimate of drug-likeness (QED) is 0.862. The van der Waals surface area contributed by atoms with Gasteiger partial charge in [-0.25, -0.2) is 0 Å². The van der Waals surface area contributed by atoms with Crippen LogP contribution in [0.5, 0.6) is 0 Å². The van der Waals surface area contributed by atoms with Gasteiger partial charge in [-0.2, -0.15) is 4.98 Å². The van der Waals surface area contributed by atoms with Crippen molar-refractivity contribution in [1.29, 1.82) is 0 Å². The summed E-state index contributed by atoms with van der Waals surface area (Å²) in [6.07, 6.45) is 4.95.